The number of aliphatic hydroxyl groups is 1. The zero-order valence-corrected chi connectivity index (χ0v) is 12.6. The Kier molecular flexibility index (Phi) is 4.84. The summed E-state index contributed by atoms with van der Waals surface area (Å²) < 4.78 is 0. The predicted octanol–water partition coefficient (Wildman–Crippen LogP) is 3.15. The lowest BCUT2D eigenvalue weighted by molar-refractivity contribution is 0.226. The molecule has 3 heteroatoms. The van der Waals surface area contributed by atoms with Crippen molar-refractivity contribution in [2.45, 2.75) is 38.7 Å². The average molecular weight is 284 g/mol. The number of hydrogen-bond donors (Lipinski definition) is 1. The highest BCUT2D eigenvalue weighted by atomic mass is 16.3. The second kappa shape index (κ2) is 7.01. The summed E-state index contributed by atoms with van der Waals surface area (Å²) in [5.41, 5.74) is 3.07. The van der Waals surface area contributed by atoms with Gasteiger partial charge in [-0.1, -0.05) is 24.6 Å². The quantitative estimate of drug-likeness (QED) is 0.916. The van der Waals surface area contributed by atoms with Crippen molar-refractivity contribution in [2.75, 3.05) is 19.6 Å². The van der Waals surface area contributed by atoms with Crippen molar-refractivity contribution < 1.29 is 5.11 Å². The smallest absolute Gasteiger partial charge is 0.0705 e. The number of aliphatic hydroxyl groups excluding tert-OH is 1. The fourth-order valence-electron chi connectivity index (χ4n) is 3.21. The van der Waals surface area contributed by atoms with E-state index in [1.54, 1.807) is 0 Å². The number of nitrogens with zero attached hydrogens (tertiary/aromatic N) is 2. The number of aromatic nitrogens is 1. The Labute approximate surface area is 126 Å². The fourth-order valence-corrected chi connectivity index (χ4v) is 3.21. The van der Waals surface area contributed by atoms with Gasteiger partial charge in [0.25, 0.3) is 0 Å². The number of para-hydroxylation sites is 1. The Morgan fingerprint density at radius 1 is 1.10 bits per heavy atom. The van der Waals surface area contributed by atoms with Gasteiger partial charge in [-0.15, -0.1) is 0 Å². The molecule has 2 heterocycles. The molecule has 0 saturated carbocycles. The second-order valence-electron chi connectivity index (χ2n) is 5.95. The van der Waals surface area contributed by atoms with Crippen LogP contribution in [-0.2, 0) is 13.0 Å². The van der Waals surface area contributed by atoms with Gasteiger partial charge in [0.05, 0.1) is 12.1 Å². The van der Waals surface area contributed by atoms with Crippen molar-refractivity contribution in [3.63, 3.8) is 0 Å². The molecule has 1 aromatic heterocycles. The lowest BCUT2D eigenvalue weighted by Crippen LogP contribution is -2.30. The molecule has 1 fully saturated rings. The third-order valence-corrected chi connectivity index (χ3v) is 4.40. The van der Waals surface area contributed by atoms with E-state index in [-0.39, 0.29) is 6.61 Å². The van der Waals surface area contributed by atoms with Gasteiger partial charge in [0.2, 0.25) is 0 Å². The van der Waals surface area contributed by atoms with Crippen molar-refractivity contribution in [1.82, 2.24) is 9.88 Å². The van der Waals surface area contributed by atoms with Gasteiger partial charge in [-0.25, -0.2) is 0 Å². The van der Waals surface area contributed by atoms with Crippen LogP contribution in [0.4, 0.5) is 0 Å². The molecule has 0 radical (unpaired) electrons. The van der Waals surface area contributed by atoms with E-state index in [1.807, 2.05) is 18.2 Å². The first-order valence-corrected chi connectivity index (χ1v) is 8.07. The summed E-state index contributed by atoms with van der Waals surface area (Å²) in [4.78, 5) is 7.31. The summed E-state index contributed by atoms with van der Waals surface area (Å²) in [5.74, 6) is 0. The minimum absolute atomic E-state index is 0.0802. The van der Waals surface area contributed by atoms with E-state index in [9.17, 15) is 5.11 Å². The van der Waals surface area contributed by atoms with Gasteiger partial charge in [-0.2, -0.15) is 0 Å². The van der Waals surface area contributed by atoms with Crippen molar-refractivity contribution in [3.05, 3.63) is 41.6 Å². The molecular weight excluding hydrogens is 260 g/mol. The Hall–Kier alpha value is -1.45. The third-order valence-electron chi connectivity index (χ3n) is 4.40. The molecule has 0 spiro atoms. The van der Waals surface area contributed by atoms with E-state index < -0.39 is 0 Å². The van der Waals surface area contributed by atoms with Crippen LogP contribution in [0, 0.1) is 0 Å². The number of pyridine rings is 1. The van der Waals surface area contributed by atoms with Crippen LogP contribution in [0.15, 0.2) is 30.3 Å². The number of hydrogen-bond acceptors (Lipinski definition) is 3. The number of likely N-dealkylation sites (tertiary alicyclic amines) is 1. The molecule has 112 valence electrons. The van der Waals surface area contributed by atoms with Crippen LogP contribution < -0.4 is 0 Å². The lowest BCUT2D eigenvalue weighted by Gasteiger charge is -2.26. The summed E-state index contributed by atoms with van der Waals surface area (Å²) >= 11 is 0. The van der Waals surface area contributed by atoms with E-state index in [0.717, 1.165) is 41.5 Å². The van der Waals surface area contributed by atoms with E-state index in [0.29, 0.717) is 0 Å². The molecule has 3 rings (SSSR count). The number of fused-ring (bicyclic) bond motifs is 1. The van der Waals surface area contributed by atoms with Crippen LogP contribution in [0.5, 0.6) is 0 Å². The highest BCUT2D eigenvalue weighted by Gasteiger charge is 2.11. The maximum absolute atomic E-state index is 9.58. The van der Waals surface area contributed by atoms with Gasteiger partial charge in [-0.05, 0) is 63.0 Å². The molecule has 1 saturated heterocycles. The van der Waals surface area contributed by atoms with Crippen molar-refractivity contribution in [2.24, 2.45) is 0 Å². The third kappa shape index (κ3) is 3.60. The normalized spacial score (nSPS) is 16.4. The summed E-state index contributed by atoms with van der Waals surface area (Å²) in [5, 5.41) is 10.7. The first-order valence-electron chi connectivity index (χ1n) is 8.07. The first kappa shape index (κ1) is 14.5. The van der Waals surface area contributed by atoms with Gasteiger partial charge in [0.1, 0.15) is 0 Å². The predicted molar refractivity (Wildman–Crippen MR) is 86.3 cm³/mol. The summed E-state index contributed by atoms with van der Waals surface area (Å²) in [6.45, 7) is 3.73. The van der Waals surface area contributed by atoms with Crippen LogP contribution >= 0.6 is 0 Å². The Morgan fingerprint density at radius 2 is 1.90 bits per heavy atom. The zero-order chi connectivity index (χ0) is 14.5. The monoisotopic (exact) mass is 284 g/mol. The molecule has 1 N–H and O–H groups in total. The standard InChI is InChI=1S/C18H24N2O/c21-14-16-13-15-7-2-3-8-17(15)19-18(16)9-6-12-20-10-4-1-5-11-20/h2-3,7-8,13,21H,1,4-6,9-12,14H2. The number of rotatable bonds is 5. The molecule has 21 heavy (non-hydrogen) atoms. The van der Waals surface area contributed by atoms with Crippen LogP contribution in [0.1, 0.15) is 36.9 Å². The van der Waals surface area contributed by atoms with Crippen molar-refractivity contribution in [3.8, 4) is 0 Å². The topological polar surface area (TPSA) is 36.4 Å². The summed E-state index contributed by atoms with van der Waals surface area (Å²) in [7, 11) is 0. The van der Waals surface area contributed by atoms with E-state index >= 15 is 0 Å². The maximum atomic E-state index is 9.58. The van der Waals surface area contributed by atoms with Crippen LogP contribution in [0.2, 0.25) is 0 Å². The fraction of sp³-hybridized carbons (Fsp3) is 0.500. The highest BCUT2D eigenvalue weighted by Crippen LogP contribution is 2.18. The van der Waals surface area contributed by atoms with Crippen LogP contribution in [-0.4, -0.2) is 34.6 Å². The van der Waals surface area contributed by atoms with Gasteiger partial charge < -0.3 is 10.0 Å². The Balaban J connectivity index is 1.67. The minimum atomic E-state index is 0.0802. The van der Waals surface area contributed by atoms with Gasteiger partial charge >= 0.3 is 0 Å². The Bertz CT molecular complexity index is 591. The number of piperidine rings is 1. The molecule has 0 unspecified atom stereocenters. The largest absolute Gasteiger partial charge is 0.392 e. The van der Waals surface area contributed by atoms with Crippen molar-refractivity contribution >= 4 is 10.9 Å². The molecule has 3 nitrogen and oxygen atoms in total. The second-order valence-corrected chi connectivity index (χ2v) is 5.95. The molecule has 0 aliphatic carbocycles. The molecule has 2 aromatic rings. The number of aryl methyl sites for hydroxylation is 1. The maximum Gasteiger partial charge on any atom is 0.0705 e. The van der Waals surface area contributed by atoms with Crippen LogP contribution in [0.3, 0.4) is 0 Å². The lowest BCUT2D eigenvalue weighted by atomic mass is 10.1. The zero-order valence-electron chi connectivity index (χ0n) is 12.6. The SMILES string of the molecule is OCc1cc2ccccc2nc1CCCN1CCCCC1. The molecule has 0 atom stereocenters. The van der Waals surface area contributed by atoms with Crippen LogP contribution in [0.25, 0.3) is 10.9 Å². The van der Waals surface area contributed by atoms with Gasteiger partial charge in [0, 0.05) is 11.1 Å². The summed E-state index contributed by atoms with van der Waals surface area (Å²) in [6, 6.07) is 10.2. The molecule has 0 bridgehead atoms. The molecule has 1 aliphatic rings. The number of benzene rings is 1. The first-order chi connectivity index (χ1) is 10.4. The highest BCUT2D eigenvalue weighted by molar-refractivity contribution is 5.79. The molecule has 1 aromatic carbocycles. The molecule has 0 amide bonds. The Morgan fingerprint density at radius 3 is 2.71 bits per heavy atom. The molecular formula is C18H24N2O. The van der Waals surface area contributed by atoms with Crippen molar-refractivity contribution in [1.29, 1.82) is 0 Å². The van der Waals surface area contributed by atoms with E-state index in [2.05, 4.69) is 17.0 Å². The average Bonchev–Trinajstić information content (AvgIpc) is 2.55. The minimum Gasteiger partial charge on any atom is -0.392 e. The van der Waals surface area contributed by atoms with E-state index in [1.165, 1.54) is 32.4 Å². The van der Waals surface area contributed by atoms with Gasteiger partial charge in [0.15, 0.2) is 0 Å². The van der Waals surface area contributed by atoms with Gasteiger partial charge in [-0.3, -0.25) is 4.98 Å². The molecule has 1 aliphatic heterocycles. The van der Waals surface area contributed by atoms with E-state index in [4.69, 9.17) is 4.98 Å². The summed E-state index contributed by atoms with van der Waals surface area (Å²) in [6.07, 6.45) is 6.15.